The van der Waals surface area contributed by atoms with Crippen molar-refractivity contribution in [3.8, 4) is 0 Å². The Kier molecular flexibility index (Phi) is 11.9. The molecule has 0 aliphatic carbocycles. The molecule has 2 amide bonds. The van der Waals surface area contributed by atoms with Gasteiger partial charge in [0.15, 0.2) is 6.16 Å². The van der Waals surface area contributed by atoms with Gasteiger partial charge in [-0.15, -0.1) is 5.53 Å². The highest BCUT2D eigenvalue weighted by atomic mass is 35.5. The Morgan fingerprint density at radius 3 is 2.59 bits per heavy atom. The Balaban J connectivity index is 1.30. The van der Waals surface area contributed by atoms with E-state index < -0.39 is 36.6 Å². The number of benzene rings is 3. The van der Waals surface area contributed by atoms with Gasteiger partial charge in [0.05, 0.1) is 34.6 Å². The molecule has 1 fully saturated rings. The van der Waals surface area contributed by atoms with E-state index in [-0.39, 0.29) is 23.0 Å². The summed E-state index contributed by atoms with van der Waals surface area (Å²) in [4.78, 5) is 38.0. The number of piperidine rings is 1. The number of anilines is 2. The fraction of sp³-hybridized carbons (Fsp3) is 0.303. The molecule has 5 rings (SSSR count). The third-order valence-corrected chi connectivity index (χ3v) is 8.93. The average Bonchev–Trinajstić information content (AvgIpc) is 3.52. The summed E-state index contributed by atoms with van der Waals surface area (Å²) in [5.41, 5.74) is 10.7. The van der Waals surface area contributed by atoms with Gasteiger partial charge in [0, 0.05) is 36.2 Å². The van der Waals surface area contributed by atoms with Gasteiger partial charge in [0.2, 0.25) is 0 Å². The second-order valence-electron chi connectivity index (χ2n) is 11.6. The van der Waals surface area contributed by atoms with E-state index in [2.05, 4.69) is 31.7 Å². The Morgan fingerprint density at radius 1 is 1.04 bits per heavy atom. The normalized spacial score (nSPS) is 15.2. The van der Waals surface area contributed by atoms with Crippen molar-refractivity contribution in [1.82, 2.24) is 21.4 Å². The molecular formula is C33H35ClF3N7O4P+. The molecule has 2 heterocycles. The van der Waals surface area contributed by atoms with Gasteiger partial charge in [-0.3, -0.25) is 14.6 Å². The molecule has 1 saturated heterocycles. The van der Waals surface area contributed by atoms with Crippen LogP contribution in [0.5, 0.6) is 0 Å². The molecule has 0 aromatic heterocycles. The van der Waals surface area contributed by atoms with E-state index >= 15 is 0 Å². The Bertz CT molecular complexity index is 1770. The van der Waals surface area contributed by atoms with Crippen molar-refractivity contribution < 1.29 is 32.2 Å². The van der Waals surface area contributed by atoms with E-state index in [1.54, 1.807) is 35.3 Å². The van der Waals surface area contributed by atoms with E-state index in [1.807, 2.05) is 18.3 Å². The van der Waals surface area contributed by atoms with Crippen LogP contribution in [-0.4, -0.2) is 47.2 Å². The van der Waals surface area contributed by atoms with Crippen LogP contribution < -0.4 is 26.6 Å². The van der Waals surface area contributed by atoms with E-state index in [1.165, 1.54) is 6.07 Å². The number of allylic oxidation sites excluding steroid dienone is 1. The summed E-state index contributed by atoms with van der Waals surface area (Å²) in [6, 6.07) is 15.4. The molecule has 0 saturated carbocycles. The zero-order chi connectivity index (χ0) is 35.0. The van der Waals surface area contributed by atoms with E-state index in [9.17, 15) is 27.3 Å². The predicted molar refractivity (Wildman–Crippen MR) is 182 cm³/mol. The van der Waals surface area contributed by atoms with Crippen LogP contribution in [0.15, 0.2) is 77.7 Å². The number of hydrogen-bond acceptors (Lipinski definition) is 8. The van der Waals surface area contributed by atoms with Gasteiger partial charge >= 0.3 is 14.2 Å². The molecule has 0 spiro atoms. The van der Waals surface area contributed by atoms with Crippen molar-refractivity contribution in [3.05, 3.63) is 105 Å². The van der Waals surface area contributed by atoms with Crippen LogP contribution >= 0.6 is 19.6 Å². The minimum atomic E-state index is -4.65. The highest BCUT2D eigenvalue weighted by Gasteiger charge is 2.33. The second kappa shape index (κ2) is 16.3. The maximum atomic E-state index is 13.4. The molecule has 3 aromatic rings. The van der Waals surface area contributed by atoms with Crippen LogP contribution in [0.25, 0.3) is 0 Å². The lowest BCUT2D eigenvalue weighted by molar-refractivity contribution is -0.137. The van der Waals surface area contributed by atoms with Gasteiger partial charge in [-0.1, -0.05) is 29.8 Å². The van der Waals surface area contributed by atoms with Crippen molar-refractivity contribution in [3.63, 3.8) is 0 Å². The van der Waals surface area contributed by atoms with Crippen LogP contribution in [0.2, 0.25) is 5.02 Å². The maximum Gasteiger partial charge on any atom is 0.505 e. The lowest BCUT2D eigenvalue weighted by atomic mass is 10.1. The minimum Gasteiger partial charge on any atom is -0.372 e. The number of carbonyl (C=O) groups excluding carboxylic acids is 2. The Hall–Kier alpha value is -4.49. The quantitative estimate of drug-likeness (QED) is 0.0809. The van der Waals surface area contributed by atoms with Crippen molar-refractivity contribution in [1.29, 1.82) is 0 Å². The molecule has 0 radical (unpaired) electrons. The van der Waals surface area contributed by atoms with Gasteiger partial charge in [-0.2, -0.15) is 23.2 Å². The average molecular weight is 717 g/mol. The van der Waals surface area contributed by atoms with Gasteiger partial charge in [-0.25, -0.2) is 5.43 Å². The van der Waals surface area contributed by atoms with Gasteiger partial charge in [-0.05, 0) is 90.3 Å². The Labute approximate surface area is 287 Å². The highest BCUT2D eigenvalue weighted by molar-refractivity contribution is 7.37. The summed E-state index contributed by atoms with van der Waals surface area (Å²) in [5, 5.41) is 8.05. The summed E-state index contributed by atoms with van der Waals surface area (Å²) in [6.45, 7) is 2.05. The van der Waals surface area contributed by atoms with Crippen LogP contribution in [-0.2, 0) is 17.3 Å². The number of amides is 2. The monoisotopic (exact) mass is 716 g/mol. The third kappa shape index (κ3) is 10.0. The molecule has 2 aliphatic rings. The second-order valence-corrected chi connectivity index (χ2v) is 13.1. The highest BCUT2D eigenvalue weighted by Crippen LogP contribution is 2.35. The number of hydrazine groups is 2. The molecule has 258 valence electrons. The van der Waals surface area contributed by atoms with Gasteiger partial charge in [0.25, 0.3) is 11.8 Å². The third-order valence-electron chi connectivity index (χ3n) is 7.90. The van der Waals surface area contributed by atoms with Crippen LogP contribution in [0.1, 0.15) is 69.5 Å². The lowest BCUT2D eigenvalue weighted by Gasteiger charge is -2.29. The number of alkyl halides is 3. The molecule has 5 N–H and O–H groups in total. The summed E-state index contributed by atoms with van der Waals surface area (Å²) >= 11 is 5.71. The molecule has 2 aliphatic heterocycles. The number of hydrazone groups is 1. The summed E-state index contributed by atoms with van der Waals surface area (Å²) in [6.07, 6.45) is 2.81. The zero-order valence-corrected chi connectivity index (χ0v) is 27.9. The number of rotatable bonds is 12. The molecule has 1 atom stereocenters. The van der Waals surface area contributed by atoms with Gasteiger partial charge < -0.3 is 15.6 Å². The number of hydrogen-bond donors (Lipinski definition) is 5. The summed E-state index contributed by atoms with van der Waals surface area (Å²) in [5.74, 6) is -1.11. The number of carbonyl (C=O) groups is 2. The summed E-state index contributed by atoms with van der Waals surface area (Å²) in [7, 11) is -2.17. The Morgan fingerprint density at radius 2 is 1.84 bits per heavy atom. The molecule has 0 bridgehead atoms. The molecular weight excluding hydrogens is 682 g/mol. The van der Waals surface area contributed by atoms with Crippen molar-refractivity contribution in [2.24, 2.45) is 5.10 Å². The van der Waals surface area contributed by atoms with Crippen molar-refractivity contribution >= 4 is 49.0 Å². The fourth-order valence-corrected chi connectivity index (χ4v) is 6.11. The maximum absolute atomic E-state index is 13.4. The van der Waals surface area contributed by atoms with Crippen molar-refractivity contribution in [2.75, 3.05) is 29.5 Å². The number of halogens is 4. The first-order valence-electron chi connectivity index (χ1n) is 15.6. The first-order chi connectivity index (χ1) is 23.5. The fourth-order valence-electron chi connectivity index (χ4n) is 5.46. The largest absolute Gasteiger partial charge is 0.505 e. The van der Waals surface area contributed by atoms with Crippen molar-refractivity contribution in [2.45, 2.75) is 44.8 Å². The van der Waals surface area contributed by atoms with E-state index in [0.717, 1.165) is 67.6 Å². The molecule has 1 unspecified atom stereocenters. The van der Waals surface area contributed by atoms with Crippen LogP contribution in [0.4, 0.5) is 24.5 Å². The first kappa shape index (κ1) is 35.8. The number of nitrogens with zero attached hydrogens (tertiary/aromatic N) is 3. The standard InChI is InChI=1S/C33H34ClF3N7O4P/c34-29-11-9-22(17-28(29)33(35,36)37)19-38-41-32(46)27-18-26(43-13-2-1-3-14-43)10-12-30(27)39-31(45)24-7-4-6-23(16-24)20-44-21-25(40-42-44)8-5-15-49(47)48/h4,6-7,9-12,16-19,21,40,42H,1-3,5,8,13-15,20H2,(H2-,39,41,45,46,47,48)/p+1/b38-19+. The van der Waals surface area contributed by atoms with E-state index in [4.69, 9.17) is 16.5 Å². The van der Waals surface area contributed by atoms with Crippen LogP contribution in [0, 0.1) is 0 Å². The molecule has 11 nitrogen and oxygen atoms in total. The summed E-state index contributed by atoms with van der Waals surface area (Å²) < 4.78 is 50.8. The number of nitrogens with one attached hydrogen (secondary N) is 4. The molecule has 49 heavy (non-hydrogen) atoms. The SMILES string of the molecule is O=C(Nc1ccc(N2CCCCC2)cc1C(=O)N/N=C/c1ccc(Cl)c(C(F)(F)F)c1)c1cccc(CN2C=C(CCC[P+](=O)O)NN2)c1. The smallest absolute Gasteiger partial charge is 0.372 e. The molecule has 3 aromatic carbocycles. The predicted octanol–water partition coefficient (Wildman–Crippen LogP) is 6.55. The topological polar surface area (TPSA) is 138 Å². The van der Waals surface area contributed by atoms with Gasteiger partial charge in [0.1, 0.15) is 0 Å². The van der Waals surface area contributed by atoms with E-state index in [0.29, 0.717) is 24.9 Å². The lowest BCUT2D eigenvalue weighted by Crippen LogP contribution is -2.36. The van der Waals surface area contributed by atoms with Crippen LogP contribution in [0.3, 0.4) is 0 Å². The zero-order valence-electron chi connectivity index (χ0n) is 26.3. The molecule has 16 heteroatoms. The first-order valence-corrected chi connectivity index (χ1v) is 17.4. The minimum absolute atomic E-state index is 0.0823.